The third kappa shape index (κ3) is 3.85. The summed E-state index contributed by atoms with van der Waals surface area (Å²) in [4.78, 5) is 16.8. The highest BCUT2D eigenvalue weighted by atomic mass is 19.1. The Labute approximate surface area is 151 Å². The van der Waals surface area contributed by atoms with Crippen LogP contribution in [0.25, 0.3) is 11.3 Å². The third-order valence-corrected chi connectivity index (χ3v) is 4.24. The van der Waals surface area contributed by atoms with Crippen LogP contribution in [0.2, 0.25) is 0 Å². The second-order valence-electron chi connectivity index (χ2n) is 6.51. The predicted molar refractivity (Wildman–Crippen MR) is 97.0 cm³/mol. The molecule has 2 heterocycles. The Bertz CT molecular complexity index is 881. The second-order valence-corrected chi connectivity index (χ2v) is 6.51. The molecule has 0 saturated carbocycles. The van der Waals surface area contributed by atoms with Crippen molar-refractivity contribution in [2.75, 3.05) is 0 Å². The lowest BCUT2D eigenvalue weighted by Gasteiger charge is -2.17. The van der Waals surface area contributed by atoms with Crippen LogP contribution < -0.4 is 5.32 Å². The normalized spacial score (nSPS) is 12.3. The van der Waals surface area contributed by atoms with Crippen molar-refractivity contribution >= 4 is 5.91 Å². The highest BCUT2D eigenvalue weighted by molar-refractivity contribution is 5.79. The Morgan fingerprint density at radius 1 is 1.19 bits per heavy atom. The Hall–Kier alpha value is -2.89. The maximum absolute atomic E-state index is 13.0. The minimum atomic E-state index is -0.360. The van der Waals surface area contributed by atoms with Gasteiger partial charge in [-0.3, -0.25) is 4.79 Å². The van der Waals surface area contributed by atoms with Gasteiger partial charge < -0.3 is 14.3 Å². The summed E-state index contributed by atoms with van der Waals surface area (Å²) < 4.78 is 20.6. The van der Waals surface area contributed by atoms with Crippen molar-refractivity contribution in [2.45, 2.75) is 39.3 Å². The van der Waals surface area contributed by atoms with E-state index >= 15 is 0 Å². The van der Waals surface area contributed by atoms with Gasteiger partial charge in [-0.1, -0.05) is 13.8 Å². The molecule has 0 aliphatic carbocycles. The van der Waals surface area contributed by atoms with E-state index in [1.54, 1.807) is 24.4 Å². The molecule has 26 heavy (non-hydrogen) atoms. The Morgan fingerprint density at radius 3 is 2.62 bits per heavy atom. The van der Waals surface area contributed by atoms with Gasteiger partial charge in [-0.2, -0.15) is 0 Å². The molecule has 1 amide bonds. The van der Waals surface area contributed by atoms with E-state index in [-0.39, 0.29) is 30.2 Å². The molecule has 0 bridgehead atoms. The molecule has 136 valence electrons. The van der Waals surface area contributed by atoms with Gasteiger partial charge in [0.1, 0.15) is 29.2 Å². The van der Waals surface area contributed by atoms with E-state index in [2.05, 4.69) is 10.3 Å². The summed E-state index contributed by atoms with van der Waals surface area (Å²) in [5.74, 6) is 2.00. The fraction of sp³-hybridized carbons (Fsp3) is 0.300. The first kappa shape index (κ1) is 17.9. The van der Waals surface area contributed by atoms with Crippen LogP contribution in [0.3, 0.4) is 0 Å². The zero-order valence-corrected chi connectivity index (χ0v) is 15.1. The zero-order chi connectivity index (χ0) is 18.7. The molecule has 6 heteroatoms. The van der Waals surface area contributed by atoms with Gasteiger partial charge >= 0.3 is 0 Å². The number of nitrogens with one attached hydrogen (secondary N) is 1. The van der Waals surface area contributed by atoms with Crippen molar-refractivity contribution in [3.05, 3.63) is 66.2 Å². The number of benzene rings is 1. The molecule has 0 spiro atoms. The highest BCUT2D eigenvalue weighted by Crippen LogP contribution is 2.22. The summed E-state index contributed by atoms with van der Waals surface area (Å²) in [5, 5.41) is 2.89. The van der Waals surface area contributed by atoms with Crippen LogP contribution in [0.15, 0.2) is 53.2 Å². The van der Waals surface area contributed by atoms with Crippen LogP contribution in [0.1, 0.15) is 44.3 Å². The number of rotatable bonds is 6. The van der Waals surface area contributed by atoms with Crippen molar-refractivity contribution < 1.29 is 13.6 Å². The molecule has 0 aliphatic rings. The van der Waals surface area contributed by atoms with Gasteiger partial charge in [0.2, 0.25) is 5.91 Å². The third-order valence-electron chi connectivity index (χ3n) is 4.24. The average Bonchev–Trinajstić information content (AvgIpc) is 3.29. The van der Waals surface area contributed by atoms with E-state index in [4.69, 9.17) is 4.42 Å². The lowest BCUT2D eigenvalue weighted by atomic mass is 10.2. The van der Waals surface area contributed by atoms with Gasteiger partial charge in [-0.25, -0.2) is 9.37 Å². The fourth-order valence-corrected chi connectivity index (χ4v) is 2.79. The van der Waals surface area contributed by atoms with Crippen molar-refractivity contribution in [3.63, 3.8) is 0 Å². The van der Waals surface area contributed by atoms with Crippen LogP contribution >= 0.6 is 0 Å². The minimum Gasteiger partial charge on any atom is -0.459 e. The fourth-order valence-electron chi connectivity index (χ4n) is 2.79. The Morgan fingerprint density at radius 2 is 1.92 bits per heavy atom. The largest absolute Gasteiger partial charge is 0.459 e. The highest BCUT2D eigenvalue weighted by Gasteiger charge is 2.19. The Balaban J connectivity index is 1.63. The van der Waals surface area contributed by atoms with E-state index < -0.39 is 0 Å². The Kier molecular flexibility index (Phi) is 5.21. The van der Waals surface area contributed by atoms with Crippen LogP contribution in [-0.4, -0.2) is 15.5 Å². The van der Waals surface area contributed by atoms with Crippen LogP contribution in [0.4, 0.5) is 4.39 Å². The lowest BCUT2D eigenvalue weighted by molar-refractivity contribution is -0.124. The topological polar surface area (TPSA) is 60.1 Å². The van der Waals surface area contributed by atoms with E-state index in [0.717, 1.165) is 11.4 Å². The van der Waals surface area contributed by atoms with E-state index in [1.165, 1.54) is 12.1 Å². The first-order chi connectivity index (χ1) is 12.5. The number of nitrogens with zero attached hydrogens (tertiary/aromatic N) is 2. The number of aromatic nitrogens is 2. The van der Waals surface area contributed by atoms with E-state index in [0.29, 0.717) is 11.5 Å². The quantitative estimate of drug-likeness (QED) is 0.718. The number of hydrogen-bond donors (Lipinski definition) is 1. The monoisotopic (exact) mass is 355 g/mol. The summed E-state index contributed by atoms with van der Waals surface area (Å²) in [6.45, 7) is 6.22. The molecule has 1 N–H and O–H groups in total. The van der Waals surface area contributed by atoms with E-state index in [9.17, 15) is 9.18 Å². The van der Waals surface area contributed by atoms with Gasteiger partial charge in [-0.05, 0) is 43.3 Å². The molecule has 0 radical (unpaired) electrons. The SMILES string of the molecule is CC(C)c1nccn1[C@@H](C)C(=O)NCc1ccc(-c2ccc(F)cc2)o1. The number of amides is 1. The second kappa shape index (κ2) is 7.56. The number of halogens is 1. The summed E-state index contributed by atoms with van der Waals surface area (Å²) in [6.07, 6.45) is 3.53. The molecular formula is C20H22FN3O2. The number of carbonyl (C=O) groups excluding carboxylic acids is 1. The van der Waals surface area contributed by atoms with E-state index in [1.807, 2.05) is 37.6 Å². The van der Waals surface area contributed by atoms with Gasteiger partial charge in [0, 0.05) is 23.9 Å². The predicted octanol–water partition coefficient (Wildman–Crippen LogP) is 4.28. The molecule has 5 nitrogen and oxygen atoms in total. The smallest absolute Gasteiger partial charge is 0.243 e. The molecular weight excluding hydrogens is 333 g/mol. The summed E-state index contributed by atoms with van der Waals surface area (Å²) in [5.41, 5.74) is 0.789. The van der Waals surface area contributed by atoms with Crippen LogP contribution in [0, 0.1) is 5.82 Å². The van der Waals surface area contributed by atoms with Crippen molar-refractivity contribution in [1.29, 1.82) is 0 Å². The molecule has 0 unspecified atom stereocenters. The molecule has 0 fully saturated rings. The minimum absolute atomic E-state index is 0.107. The van der Waals surface area contributed by atoms with Gasteiger partial charge in [0.25, 0.3) is 0 Å². The first-order valence-electron chi connectivity index (χ1n) is 8.61. The maximum atomic E-state index is 13.0. The molecule has 0 aliphatic heterocycles. The molecule has 0 saturated heterocycles. The zero-order valence-electron chi connectivity index (χ0n) is 15.1. The summed E-state index contributed by atoms with van der Waals surface area (Å²) in [6, 6.07) is 9.35. The van der Waals surface area contributed by atoms with Crippen molar-refractivity contribution in [2.24, 2.45) is 0 Å². The average molecular weight is 355 g/mol. The van der Waals surface area contributed by atoms with Gasteiger partial charge in [0.05, 0.1) is 6.54 Å². The molecule has 1 aromatic carbocycles. The molecule has 3 rings (SSSR count). The van der Waals surface area contributed by atoms with Crippen LogP contribution in [0.5, 0.6) is 0 Å². The molecule has 2 aromatic heterocycles. The van der Waals surface area contributed by atoms with Gasteiger partial charge in [-0.15, -0.1) is 0 Å². The number of furan rings is 1. The standard InChI is InChI=1S/C20H22FN3O2/c1-13(2)19-22-10-11-24(19)14(3)20(25)23-12-17-8-9-18(26-17)15-4-6-16(21)7-5-15/h4-11,13-14H,12H2,1-3H3,(H,23,25)/t14-/m0/s1. The number of imidazole rings is 1. The summed E-state index contributed by atoms with van der Waals surface area (Å²) >= 11 is 0. The molecule has 3 aromatic rings. The maximum Gasteiger partial charge on any atom is 0.243 e. The summed E-state index contributed by atoms with van der Waals surface area (Å²) in [7, 11) is 0. The number of carbonyl (C=O) groups is 1. The van der Waals surface area contributed by atoms with Gasteiger partial charge in [0.15, 0.2) is 0 Å². The van der Waals surface area contributed by atoms with Crippen LogP contribution in [-0.2, 0) is 11.3 Å². The van der Waals surface area contributed by atoms with Crippen molar-refractivity contribution in [3.8, 4) is 11.3 Å². The van der Waals surface area contributed by atoms with Crippen molar-refractivity contribution in [1.82, 2.24) is 14.9 Å². The first-order valence-corrected chi connectivity index (χ1v) is 8.61. The number of hydrogen-bond acceptors (Lipinski definition) is 3. The lowest BCUT2D eigenvalue weighted by Crippen LogP contribution is -2.31. The molecule has 1 atom stereocenters.